The normalized spacial score (nSPS) is 10.5. The van der Waals surface area contributed by atoms with Crippen molar-refractivity contribution in [2.45, 2.75) is 27.2 Å². The zero-order chi connectivity index (χ0) is 19.9. The van der Waals surface area contributed by atoms with Gasteiger partial charge in [-0.2, -0.15) is 0 Å². The third-order valence-electron chi connectivity index (χ3n) is 4.44. The number of pyridine rings is 2. The third-order valence-corrected chi connectivity index (χ3v) is 4.44. The lowest BCUT2D eigenvalue weighted by molar-refractivity contribution is 0.0992. The van der Waals surface area contributed by atoms with Crippen molar-refractivity contribution >= 4 is 23.2 Å². The molecule has 7 nitrogen and oxygen atoms in total. The van der Waals surface area contributed by atoms with Gasteiger partial charge < -0.3 is 10.2 Å². The third kappa shape index (κ3) is 4.68. The maximum atomic E-state index is 12.7. The summed E-state index contributed by atoms with van der Waals surface area (Å²) in [5, 5.41) is 3.23. The number of rotatable bonds is 8. The van der Waals surface area contributed by atoms with Gasteiger partial charge in [-0.15, -0.1) is 0 Å². The topological polar surface area (TPSA) is 83.9 Å². The molecule has 0 aliphatic heterocycles. The van der Waals surface area contributed by atoms with Crippen LogP contribution in [0.5, 0.6) is 0 Å². The van der Waals surface area contributed by atoms with Crippen LogP contribution in [0.3, 0.4) is 0 Å². The number of hydrogen-bond donors (Lipinski definition) is 1. The number of hydrogen-bond acceptors (Lipinski definition) is 7. The van der Waals surface area contributed by atoms with E-state index in [-0.39, 0.29) is 12.2 Å². The molecule has 0 aliphatic carbocycles. The first kappa shape index (κ1) is 19.4. The molecule has 28 heavy (non-hydrogen) atoms. The first-order valence-corrected chi connectivity index (χ1v) is 9.33. The summed E-state index contributed by atoms with van der Waals surface area (Å²) in [4.78, 5) is 31.9. The molecule has 3 heterocycles. The van der Waals surface area contributed by atoms with Gasteiger partial charge in [0.15, 0.2) is 5.78 Å². The van der Waals surface area contributed by atoms with Gasteiger partial charge in [-0.3, -0.25) is 9.78 Å². The molecule has 7 heteroatoms. The second kappa shape index (κ2) is 9.03. The Kier molecular flexibility index (Phi) is 6.26. The van der Waals surface area contributed by atoms with Gasteiger partial charge in [0, 0.05) is 44.3 Å². The van der Waals surface area contributed by atoms with Gasteiger partial charge in [-0.1, -0.05) is 6.07 Å². The van der Waals surface area contributed by atoms with Crippen LogP contribution in [-0.4, -0.2) is 38.8 Å². The van der Waals surface area contributed by atoms with Gasteiger partial charge in [0.05, 0.1) is 17.4 Å². The van der Waals surface area contributed by atoms with Crippen LogP contribution in [0.4, 0.5) is 17.5 Å². The van der Waals surface area contributed by atoms with E-state index in [1.807, 2.05) is 43.9 Å². The molecule has 3 aromatic rings. The summed E-state index contributed by atoms with van der Waals surface area (Å²) in [6.07, 6.45) is 8.58. The zero-order valence-electron chi connectivity index (χ0n) is 16.4. The molecular weight excluding hydrogens is 352 g/mol. The monoisotopic (exact) mass is 376 g/mol. The minimum Gasteiger partial charge on any atom is -0.341 e. The number of aryl methyl sites for hydroxylation is 1. The molecule has 3 rings (SSSR count). The number of aromatic nitrogens is 4. The first-order chi connectivity index (χ1) is 13.6. The molecule has 0 unspecified atom stereocenters. The Labute approximate surface area is 164 Å². The molecule has 0 saturated heterocycles. The Balaban J connectivity index is 1.74. The number of nitrogens with one attached hydrogen (secondary N) is 1. The van der Waals surface area contributed by atoms with E-state index in [4.69, 9.17) is 0 Å². The van der Waals surface area contributed by atoms with E-state index in [0.717, 1.165) is 29.9 Å². The van der Waals surface area contributed by atoms with Crippen LogP contribution in [0.15, 0.2) is 49.2 Å². The molecule has 0 aromatic carbocycles. The lowest BCUT2D eigenvalue weighted by Gasteiger charge is -2.18. The minimum atomic E-state index is -0.0442. The lowest BCUT2D eigenvalue weighted by atomic mass is 10.0. The Bertz CT molecular complexity index is 920. The maximum absolute atomic E-state index is 12.7. The smallest absolute Gasteiger partial charge is 0.225 e. The van der Waals surface area contributed by atoms with Crippen LogP contribution in [-0.2, 0) is 6.42 Å². The van der Waals surface area contributed by atoms with Crippen molar-refractivity contribution in [3.8, 4) is 0 Å². The maximum Gasteiger partial charge on any atom is 0.225 e. The van der Waals surface area contributed by atoms with Gasteiger partial charge >= 0.3 is 0 Å². The van der Waals surface area contributed by atoms with E-state index < -0.39 is 0 Å². The molecule has 3 aromatic heterocycles. The second-order valence-electron chi connectivity index (χ2n) is 6.42. The predicted molar refractivity (Wildman–Crippen MR) is 110 cm³/mol. The van der Waals surface area contributed by atoms with Gasteiger partial charge in [0.2, 0.25) is 5.95 Å². The summed E-state index contributed by atoms with van der Waals surface area (Å²) >= 11 is 0. The average molecular weight is 376 g/mol. The predicted octanol–water partition coefficient (Wildman–Crippen LogP) is 3.59. The van der Waals surface area contributed by atoms with Crippen LogP contribution in [0.25, 0.3) is 0 Å². The summed E-state index contributed by atoms with van der Waals surface area (Å²) in [5.74, 6) is 1.30. The quantitative estimate of drug-likeness (QED) is 0.601. The molecule has 0 bridgehead atoms. The van der Waals surface area contributed by atoms with E-state index in [2.05, 4.69) is 25.3 Å². The molecule has 0 atom stereocenters. The van der Waals surface area contributed by atoms with Crippen LogP contribution in [0.2, 0.25) is 0 Å². The molecule has 1 N–H and O–H groups in total. The van der Waals surface area contributed by atoms with Gasteiger partial charge in [0.25, 0.3) is 0 Å². The second-order valence-corrected chi connectivity index (χ2v) is 6.42. The molecule has 0 amide bonds. The summed E-state index contributed by atoms with van der Waals surface area (Å²) in [7, 11) is 0. The van der Waals surface area contributed by atoms with Gasteiger partial charge in [-0.05, 0) is 44.0 Å². The number of carbonyl (C=O) groups is 1. The van der Waals surface area contributed by atoms with Gasteiger partial charge in [-0.25, -0.2) is 15.0 Å². The van der Waals surface area contributed by atoms with Gasteiger partial charge in [0.1, 0.15) is 5.82 Å². The fraction of sp³-hybridized carbons (Fsp3) is 0.286. The van der Waals surface area contributed by atoms with E-state index in [1.165, 1.54) is 0 Å². The van der Waals surface area contributed by atoms with Crippen LogP contribution < -0.4 is 10.2 Å². The van der Waals surface area contributed by atoms with Crippen molar-refractivity contribution in [3.05, 3.63) is 65.9 Å². The molecular formula is C21H24N6O. The van der Waals surface area contributed by atoms with Crippen molar-refractivity contribution < 1.29 is 4.79 Å². The van der Waals surface area contributed by atoms with Crippen molar-refractivity contribution in [2.75, 3.05) is 23.3 Å². The highest BCUT2D eigenvalue weighted by atomic mass is 16.1. The van der Waals surface area contributed by atoms with E-state index >= 15 is 0 Å². The van der Waals surface area contributed by atoms with E-state index in [0.29, 0.717) is 17.3 Å². The average Bonchev–Trinajstić information content (AvgIpc) is 2.72. The Morgan fingerprint density at radius 2 is 1.75 bits per heavy atom. The van der Waals surface area contributed by atoms with Crippen LogP contribution in [0.1, 0.15) is 35.3 Å². The standard InChI is InChI=1S/C21H24N6O/c1-4-27(5-2)21-24-12-17(13-25-21)19(28)10-16-8-9-22-14-18(16)26-20-7-6-15(3)11-23-20/h6-9,11-14H,4-5,10H2,1-3H3,(H,23,26). The van der Waals surface area contributed by atoms with E-state index in [9.17, 15) is 4.79 Å². The molecule has 0 radical (unpaired) electrons. The molecule has 0 spiro atoms. The largest absolute Gasteiger partial charge is 0.341 e. The summed E-state index contributed by atoms with van der Waals surface area (Å²) in [6.45, 7) is 7.73. The molecule has 0 aliphatic rings. The molecule has 0 saturated carbocycles. The molecule has 144 valence electrons. The zero-order valence-corrected chi connectivity index (χ0v) is 16.4. The van der Waals surface area contributed by atoms with Crippen molar-refractivity contribution in [1.82, 2.24) is 19.9 Å². The van der Waals surface area contributed by atoms with Crippen molar-refractivity contribution in [2.24, 2.45) is 0 Å². The van der Waals surface area contributed by atoms with E-state index in [1.54, 1.807) is 31.0 Å². The highest BCUT2D eigenvalue weighted by molar-refractivity contribution is 5.97. The SMILES string of the molecule is CCN(CC)c1ncc(C(=O)Cc2ccncc2Nc2ccc(C)cn2)cn1. The summed E-state index contributed by atoms with van der Waals surface area (Å²) < 4.78 is 0. The number of carbonyl (C=O) groups excluding carboxylic acids is 1. The Morgan fingerprint density at radius 1 is 1.00 bits per heavy atom. The molecule has 0 fully saturated rings. The Morgan fingerprint density at radius 3 is 2.39 bits per heavy atom. The highest BCUT2D eigenvalue weighted by Gasteiger charge is 2.13. The van der Waals surface area contributed by atoms with Crippen molar-refractivity contribution in [1.29, 1.82) is 0 Å². The fourth-order valence-electron chi connectivity index (χ4n) is 2.78. The lowest BCUT2D eigenvalue weighted by Crippen LogP contribution is -2.24. The number of nitrogens with zero attached hydrogens (tertiary/aromatic N) is 5. The highest BCUT2D eigenvalue weighted by Crippen LogP contribution is 2.20. The van der Waals surface area contributed by atoms with Crippen molar-refractivity contribution in [3.63, 3.8) is 0 Å². The van der Waals surface area contributed by atoms with Crippen LogP contribution >= 0.6 is 0 Å². The number of anilines is 3. The minimum absolute atomic E-state index is 0.0442. The fourth-order valence-corrected chi connectivity index (χ4v) is 2.78. The summed E-state index contributed by atoms with van der Waals surface area (Å²) in [6, 6.07) is 5.71. The first-order valence-electron chi connectivity index (χ1n) is 9.33. The summed E-state index contributed by atoms with van der Waals surface area (Å²) in [5.41, 5.74) is 3.18. The number of ketones is 1. The number of Topliss-reactive ketones (excluding diaryl/α,β-unsaturated/α-hetero) is 1. The Hall–Kier alpha value is -3.35. The van der Waals surface area contributed by atoms with Crippen LogP contribution in [0, 0.1) is 6.92 Å².